The van der Waals surface area contributed by atoms with E-state index in [-0.39, 0.29) is 6.04 Å². The van der Waals surface area contributed by atoms with Gasteiger partial charge in [0.1, 0.15) is 0 Å². The molecule has 0 aliphatic carbocycles. The molecule has 92 valence electrons. The quantitative estimate of drug-likeness (QED) is 0.717. The molecule has 2 heteroatoms. The van der Waals surface area contributed by atoms with Crippen LogP contribution in [0.15, 0.2) is 0 Å². The first-order valence-electron chi connectivity index (χ1n) is 6.62. The fourth-order valence-corrected chi connectivity index (χ4v) is 2.57. The standard InChI is InChI=1S/C14H26N2/c1-5-9-16-10-7-14(8-11-16)13(4)15-12(3)6-2/h2,12-15H,5,7-11H2,1,3-4H3. The fraction of sp³-hybridized carbons (Fsp3) is 0.857. The van der Waals surface area contributed by atoms with Crippen molar-refractivity contribution in [3.05, 3.63) is 0 Å². The molecular formula is C14H26N2. The lowest BCUT2D eigenvalue weighted by molar-refractivity contribution is 0.161. The molecule has 1 rings (SSSR count). The van der Waals surface area contributed by atoms with Gasteiger partial charge in [0.2, 0.25) is 0 Å². The van der Waals surface area contributed by atoms with Crippen molar-refractivity contribution in [3.63, 3.8) is 0 Å². The van der Waals surface area contributed by atoms with Crippen LogP contribution in [-0.2, 0) is 0 Å². The molecule has 0 amide bonds. The van der Waals surface area contributed by atoms with Gasteiger partial charge in [-0.3, -0.25) is 0 Å². The van der Waals surface area contributed by atoms with Crippen molar-refractivity contribution in [2.45, 2.75) is 52.1 Å². The summed E-state index contributed by atoms with van der Waals surface area (Å²) in [4.78, 5) is 2.58. The highest BCUT2D eigenvalue weighted by molar-refractivity contribution is 4.97. The van der Waals surface area contributed by atoms with Crippen LogP contribution in [0.3, 0.4) is 0 Å². The number of hydrogen-bond acceptors (Lipinski definition) is 2. The predicted octanol–water partition coefficient (Wildman–Crippen LogP) is 2.11. The van der Waals surface area contributed by atoms with Gasteiger partial charge >= 0.3 is 0 Å². The molecule has 2 atom stereocenters. The van der Waals surface area contributed by atoms with Gasteiger partial charge in [-0.15, -0.1) is 6.42 Å². The van der Waals surface area contributed by atoms with Gasteiger partial charge < -0.3 is 10.2 Å². The van der Waals surface area contributed by atoms with E-state index in [4.69, 9.17) is 6.42 Å². The van der Waals surface area contributed by atoms with E-state index < -0.39 is 0 Å². The number of terminal acetylenes is 1. The first-order chi connectivity index (χ1) is 7.67. The van der Waals surface area contributed by atoms with Crippen molar-refractivity contribution in [1.82, 2.24) is 10.2 Å². The first-order valence-corrected chi connectivity index (χ1v) is 6.62. The second-order valence-electron chi connectivity index (χ2n) is 5.02. The highest BCUT2D eigenvalue weighted by Crippen LogP contribution is 2.20. The molecule has 0 aromatic carbocycles. The van der Waals surface area contributed by atoms with Crippen LogP contribution in [-0.4, -0.2) is 36.6 Å². The summed E-state index contributed by atoms with van der Waals surface area (Å²) in [5.74, 6) is 3.54. The Morgan fingerprint density at radius 3 is 2.50 bits per heavy atom. The molecule has 0 bridgehead atoms. The Balaban J connectivity index is 2.27. The minimum atomic E-state index is 0.198. The number of hydrogen-bond donors (Lipinski definition) is 1. The third-order valence-corrected chi connectivity index (χ3v) is 3.64. The Bertz CT molecular complexity index is 223. The van der Waals surface area contributed by atoms with Crippen LogP contribution in [0.2, 0.25) is 0 Å². The maximum absolute atomic E-state index is 5.39. The Labute approximate surface area is 101 Å². The Hall–Kier alpha value is -0.520. The number of piperidine rings is 1. The number of nitrogens with one attached hydrogen (secondary N) is 1. The second-order valence-corrected chi connectivity index (χ2v) is 5.02. The van der Waals surface area contributed by atoms with E-state index in [1.807, 2.05) is 0 Å². The summed E-state index contributed by atoms with van der Waals surface area (Å²) in [5, 5.41) is 3.49. The maximum Gasteiger partial charge on any atom is 0.0660 e. The molecule has 0 spiro atoms. The van der Waals surface area contributed by atoms with Crippen LogP contribution in [0.25, 0.3) is 0 Å². The lowest BCUT2D eigenvalue weighted by Gasteiger charge is -2.35. The summed E-state index contributed by atoms with van der Waals surface area (Å²) >= 11 is 0. The minimum Gasteiger partial charge on any atom is -0.303 e. The van der Waals surface area contributed by atoms with E-state index in [0.717, 1.165) is 5.92 Å². The van der Waals surface area contributed by atoms with Crippen molar-refractivity contribution in [1.29, 1.82) is 0 Å². The van der Waals surface area contributed by atoms with E-state index in [2.05, 4.69) is 36.9 Å². The normalized spacial score (nSPS) is 22.6. The zero-order chi connectivity index (χ0) is 12.0. The molecule has 2 unspecified atom stereocenters. The van der Waals surface area contributed by atoms with Gasteiger partial charge in [-0.25, -0.2) is 0 Å². The molecule has 2 nitrogen and oxygen atoms in total. The van der Waals surface area contributed by atoms with Crippen LogP contribution >= 0.6 is 0 Å². The summed E-state index contributed by atoms with van der Waals surface area (Å²) in [7, 11) is 0. The van der Waals surface area contributed by atoms with Gasteiger partial charge in [-0.2, -0.15) is 0 Å². The average Bonchev–Trinajstić information content (AvgIpc) is 2.30. The molecule has 1 saturated heterocycles. The Kier molecular flexibility index (Phi) is 5.87. The minimum absolute atomic E-state index is 0.198. The summed E-state index contributed by atoms with van der Waals surface area (Å²) in [6, 6.07) is 0.749. The van der Waals surface area contributed by atoms with E-state index in [9.17, 15) is 0 Å². The molecule has 1 heterocycles. The topological polar surface area (TPSA) is 15.3 Å². The molecule has 0 aromatic heterocycles. The largest absolute Gasteiger partial charge is 0.303 e. The van der Waals surface area contributed by atoms with Crippen LogP contribution in [0.5, 0.6) is 0 Å². The van der Waals surface area contributed by atoms with Crippen LogP contribution in [0.1, 0.15) is 40.0 Å². The third-order valence-electron chi connectivity index (χ3n) is 3.64. The fourth-order valence-electron chi connectivity index (χ4n) is 2.57. The molecule has 0 aromatic rings. The molecule has 1 aliphatic rings. The Morgan fingerprint density at radius 2 is 2.00 bits per heavy atom. The van der Waals surface area contributed by atoms with Crippen LogP contribution in [0, 0.1) is 18.3 Å². The van der Waals surface area contributed by atoms with Crippen LogP contribution < -0.4 is 5.32 Å². The van der Waals surface area contributed by atoms with Gasteiger partial charge in [-0.1, -0.05) is 12.8 Å². The number of likely N-dealkylation sites (tertiary alicyclic amines) is 1. The number of rotatable bonds is 5. The number of nitrogens with zero attached hydrogens (tertiary/aromatic N) is 1. The van der Waals surface area contributed by atoms with Crippen LogP contribution in [0.4, 0.5) is 0 Å². The molecular weight excluding hydrogens is 196 g/mol. The zero-order valence-electron chi connectivity index (χ0n) is 11.0. The summed E-state index contributed by atoms with van der Waals surface area (Å²) < 4.78 is 0. The summed E-state index contributed by atoms with van der Waals surface area (Å²) in [6.45, 7) is 10.4. The van der Waals surface area contributed by atoms with Crippen molar-refractivity contribution < 1.29 is 0 Å². The van der Waals surface area contributed by atoms with Gasteiger partial charge in [-0.05, 0) is 58.7 Å². The van der Waals surface area contributed by atoms with Crippen molar-refractivity contribution in [2.75, 3.05) is 19.6 Å². The van der Waals surface area contributed by atoms with Crippen molar-refractivity contribution in [3.8, 4) is 12.3 Å². The lowest BCUT2D eigenvalue weighted by atomic mass is 9.90. The predicted molar refractivity (Wildman–Crippen MR) is 70.3 cm³/mol. The Morgan fingerprint density at radius 1 is 1.38 bits per heavy atom. The first kappa shape index (κ1) is 13.5. The third kappa shape index (κ3) is 4.15. The smallest absolute Gasteiger partial charge is 0.0660 e. The molecule has 1 N–H and O–H groups in total. The molecule has 0 radical (unpaired) electrons. The van der Waals surface area contributed by atoms with Gasteiger partial charge in [0.25, 0.3) is 0 Å². The zero-order valence-corrected chi connectivity index (χ0v) is 11.0. The molecule has 0 saturated carbocycles. The monoisotopic (exact) mass is 222 g/mol. The van der Waals surface area contributed by atoms with E-state index >= 15 is 0 Å². The second kappa shape index (κ2) is 6.93. The SMILES string of the molecule is C#CC(C)NC(C)C1CCN(CCC)CC1. The van der Waals surface area contributed by atoms with E-state index in [1.165, 1.54) is 38.9 Å². The molecule has 1 aliphatic heterocycles. The maximum atomic E-state index is 5.39. The summed E-state index contributed by atoms with van der Waals surface area (Å²) in [6.07, 6.45) is 9.28. The van der Waals surface area contributed by atoms with E-state index in [0.29, 0.717) is 6.04 Å². The average molecular weight is 222 g/mol. The van der Waals surface area contributed by atoms with Gasteiger partial charge in [0, 0.05) is 6.04 Å². The van der Waals surface area contributed by atoms with Gasteiger partial charge in [0.15, 0.2) is 0 Å². The molecule has 16 heavy (non-hydrogen) atoms. The van der Waals surface area contributed by atoms with E-state index in [1.54, 1.807) is 0 Å². The van der Waals surface area contributed by atoms with Gasteiger partial charge in [0.05, 0.1) is 6.04 Å². The highest BCUT2D eigenvalue weighted by Gasteiger charge is 2.23. The highest BCUT2D eigenvalue weighted by atomic mass is 15.1. The van der Waals surface area contributed by atoms with Crippen molar-refractivity contribution >= 4 is 0 Å². The van der Waals surface area contributed by atoms with Crippen molar-refractivity contribution in [2.24, 2.45) is 5.92 Å². The molecule has 1 fully saturated rings. The summed E-state index contributed by atoms with van der Waals surface area (Å²) in [5.41, 5.74) is 0. The lowest BCUT2D eigenvalue weighted by Crippen LogP contribution is -2.44.